The Morgan fingerprint density at radius 3 is 1.23 bits per heavy atom. The summed E-state index contributed by atoms with van der Waals surface area (Å²) in [7, 11) is 0. The molecule has 180 valence electrons. The van der Waals surface area contributed by atoms with E-state index in [4.69, 9.17) is 39.0 Å². The SMILES string of the molecule is CCC(CO)(CO)CO.CCOC(OCC)=C(C(=O)O)C(OCC)(OCC)OCC. The van der Waals surface area contributed by atoms with Crippen LogP contribution in [0, 0.1) is 5.41 Å². The van der Waals surface area contributed by atoms with Crippen LogP contribution in [0.2, 0.25) is 0 Å². The van der Waals surface area contributed by atoms with Crippen LogP contribution >= 0.6 is 0 Å². The molecule has 0 atom stereocenters. The molecule has 0 saturated carbocycles. The molecular formula is C20H40O10. The van der Waals surface area contributed by atoms with E-state index in [0.717, 1.165) is 0 Å². The van der Waals surface area contributed by atoms with Crippen molar-refractivity contribution < 1.29 is 48.9 Å². The van der Waals surface area contributed by atoms with Gasteiger partial charge in [0.1, 0.15) is 0 Å². The number of carbonyl (C=O) groups is 1. The molecule has 0 amide bonds. The van der Waals surface area contributed by atoms with Gasteiger partial charge in [-0.1, -0.05) is 6.92 Å². The van der Waals surface area contributed by atoms with Crippen LogP contribution in [0.4, 0.5) is 0 Å². The molecule has 0 bridgehead atoms. The highest BCUT2D eigenvalue weighted by atomic mass is 16.9. The van der Waals surface area contributed by atoms with E-state index in [1.807, 2.05) is 6.92 Å². The highest BCUT2D eigenvalue weighted by molar-refractivity contribution is 5.88. The molecule has 10 nitrogen and oxygen atoms in total. The second-order valence-electron chi connectivity index (χ2n) is 6.02. The van der Waals surface area contributed by atoms with Crippen molar-refractivity contribution in [1.82, 2.24) is 0 Å². The third kappa shape index (κ3) is 9.59. The Hall–Kier alpha value is -1.43. The molecule has 0 fully saturated rings. The van der Waals surface area contributed by atoms with E-state index in [1.165, 1.54) is 0 Å². The van der Waals surface area contributed by atoms with Crippen LogP contribution in [0.25, 0.3) is 0 Å². The first-order valence-corrected chi connectivity index (χ1v) is 10.2. The summed E-state index contributed by atoms with van der Waals surface area (Å²) >= 11 is 0. The predicted octanol–water partition coefficient (Wildman–Crippen LogP) is 1.48. The fourth-order valence-corrected chi connectivity index (χ4v) is 2.19. The first-order valence-electron chi connectivity index (χ1n) is 10.2. The average Bonchev–Trinajstić information content (AvgIpc) is 2.71. The Morgan fingerprint density at radius 1 is 0.700 bits per heavy atom. The minimum absolute atomic E-state index is 0.156. The molecule has 10 heteroatoms. The third-order valence-corrected chi connectivity index (χ3v) is 4.03. The van der Waals surface area contributed by atoms with Gasteiger partial charge < -0.3 is 44.1 Å². The molecule has 4 N–H and O–H groups in total. The van der Waals surface area contributed by atoms with Crippen LogP contribution in [0.15, 0.2) is 11.5 Å². The van der Waals surface area contributed by atoms with Gasteiger partial charge in [0.25, 0.3) is 5.95 Å². The van der Waals surface area contributed by atoms with Crippen molar-refractivity contribution in [2.24, 2.45) is 5.41 Å². The van der Waals surface area contributed by atoms with Gasteiger partial charge in [0.15, 0.2) is 0 Å². The minimum atomic E-state index is -1.86. The standard InChI is InChI=1S/C14H26O7.C6H14O3/c1-6-17-13(18-7-2)11(12(15)16)14(19-8-3,20-9-4)21-10-5;1-2-6(3-7,4-8)5-9/h6-10H2,1-5H3,(H,15,16);7-9H,2-5H2,1H3. The van der Waals surface area contributed by atoms with Crippen molar-refractivity contribution in [3.8, 4) is 0 Å². The van der Waals surface area contributed by atoms with E-state index in [9.17, 15) is 9.90 Å². The first kappa shape index (κ1) is 30.8. The summed E-state index contributed by atoms with van der Waals surface area (Å²) in [5, 5.41) is 35.5. The maximum absolute atomic E-state index is 11.7. The van der Waals surface area contributed by atoms with Crippen molar-refractivity contribution in [1.29, 1.82) is 0 Å². The van der Waals surface area contributed by atoms with Gasteiger partial charge in [0, 0.05) is 25.2 Å². The highest BCUT2D eigenvalue weighted by Gasteiger charge is 2.46. The Kier molecular flexibility index (Phi) is 17.7. The molecule has 0 aromatic rings. The van der Waals surface area contributed by atoms with Crippen LogP contribution in [0.3, 0.4) is 0 Å². The summed E-state index contributed by atoms with van der Waals surface area (Å²) in [6.45, 7) is 11.0. The van der Waals surface area contributed by atoms with Crippen molar-refractivity contribution in [3.63, 3.8) is 0 Å². The molecule has 30 heavy (non-hydrogen) atoms. The third-order valence-electron chi connectivity index (χ3n) is 4.03. The predicted molar refractivity (Wildman–Crippen MR) is 110 cm³/mol. The topological polar surface area (TPSA) is 144 Å². The molecule has 0 radical (unpaired) electrons. The lowest BCUT2D eigenvalue weighted by Gasteiger charge is -2.33. The molecule has 0 rings (SSSR count). The van der Waals surface area contributed by atoms with E-state index in [-0.39, 0.29) is 64.4 Å². The van der Waals surface area contributed by atoms with Gasteiger partial charge in [0.2, 0.25) is 5.57 Å². The summed E-state index contributed by atoms with van der Waals surface area (Å²) in [5.74, 6) is -3.31. The summed E-state index contributed by atoms with van der Waals surface area (Å²) in [6.07, 6.45) is 0.594. The van der Waals surface area contributed by atoms with Crippen molar-refractivity contribution >= 4 is 5.97 Å². The van der Waals surface area contributed by atoms with Crippen molar-refractivity contribution in [3.05, 3.63) is 11.5 Å². The number of hydrogen-bond donors (Lipinski definition) is 4. The second kappa shape index (κ2) is 17.3. The van der Waals surface area contributed by atoms with Crippen molar-refractivity contribution in [2.45, 2.75) is 53.9 Å². The summed E-state index contributed by atoms with van der Waals surface area (Å²) in [4.78, 5) is 11.7. The molecule has 0 heterocycles. The first-order chi connectivity index (χ1) is 14.3. The Balaban J connectivity index is 0. The summed E-state index contributed by atoms with van der Waals surface area (Å²) < 4.78 is 27.0. The Bertz CT molecular complexity index is 432. The fraction of sp³-hybridized carbons (Fsp3) is 0.850. The number of rotatable bonds is 16. The van der Waals surface area contributed by atoms with Gasteiger partial charge >= 0.3 is 11.9 Å². The second-order valence-corrected chi connectivity index (χ2v) is 6.02. The minimum Gasteiger partial charge on any atom is -0.477 e. The van der Waals surface area contributed by atoms with Crippen molar-refractivity contribution in [2.75, 3.05) is 52.9 Å². The van der Waals surface area contributed by atoms with Gasteiger partial charge in [-0.2, -0.15) is 0 Å². The maximum atomic E-state index is 11.7. The summed E-state index contributed by atoms with van der Waals surface area (Å²) in [5.41, 5.74) is -1.00. The number of carboxylic acids is 1. The van der Waals surface area contributed by atoms with E-state index < -0.39 is 17.4 Å². The van der Waals surface area contributed by atoms with E-state index in [2.05, 4.69) is 0 Å². The molecule has 0 aliphatic rings. The molecule has 0 spiro atoms. The summed E-state index contributed by atoms with van der Waals surface area (Å²) in [6, 6.07) is 0. The average molecular weight is 441 g/mol. The largest absolute Gasteiger partial charge is 0.477 e. The maximum Gasteiger partial charge on any atom is 0.347 e. The lowest BCUT2D eigenvalue weighted by Crippen LogP contribution is -2.45. The van der Waals surface area contributed by atoms with Crippen LogP contribution < -0.4 is 0 Å². The van der Waals surface area contributed by atoms with E-state index in [0.29, 0.717) is 6.42 Å². The molecule has 0 saturated heterocycles. The quantitative estimate of drug-likeness (QED) is 0.158. The smallest absolute Gasteiger partial charge is 0.347 e. The van der Waals surface area contributed by atoms with Gasteiger partial charge in [-0.05, 0) is 41.0 Å². The zero-order valence-corrected chi connectivity index (χ0v) is 19.1. The number of aliphatic hydroxyl groups is 3. The van der Waals surface area contributed by atoms with Gasteiger partial charge in [0.05, 0.1) is 33.0 Å². The molecule has 0 unspecified atom stereocenters. The zero-order chi connectivity index (χ0) is 23.6. The monoisotopic (exact) mass is 440 g/mol. The lowest BCUT2D eigenvalue weighted by atomic mass is 9.88. The lowest BCUT2D eigenvalue weighted by molar-refractivity contribution is -0.354. The molecule has 0 aliphatic carbocycles. The van der Waals surface area contributed by atoms with Crippen LogP contribution in [-0.2, 0) is 28.5 Å². The number of aliphatic carboxylic acids is 1. The van der Waals surface area contributed by atoms with Gasteiger partial charge in [-0.3, -0.25) is 0 Å². The number of aliphatic hydroxyl groups excluding tert-OH is 3. The normalized spacial score (nSPS) is 11.4. The highest BCUT2D eigenvalue weighted by Crippen LogP contribution is 2.29. The van der Waals surface area contributed by atoms with Gasteiger partial charge in [-0.15, -0.1) is 0 Å². The number of ether oxygens (including phenoxy) is 5. The van der Waals surface area contributed by atoms with E-state index >= 15 is 0 Å². The van der Waals surface area contributed by atoms with E-state index in [1.54, 1.807) is 34.6 Å². The molecular weight excluding hydrogens is 400 g/mol. The zero-order valence-electron chi connectivity index (χ0n) is 19.1. The number of hydrogen-bond acceptors (Lipinski definition) is 9. The van der Waals surface area contributed by atoms with Crippen LogP contribution in [0.5, 0.6) is 0 Å². The molecule has 0 aliphatic heterocycles. The molecule has 0 aromatic carbocycles. The van der Waals surface area contributed by atoms with Gasteiger partial charge in [-0.25, -0.2) is 4.79 Å². The number of carboxylic acid groups (broad SMARTS) is 1. The Morgan fingerprint density at radius 2 is 1.07 bits per heavy atom. The van der Waals surface area contributed by atoms with Crippen LogP contribution in [-0.4, -0.2) is 85.2 Å². The Labute approximate surface area is 179 Å². The fourth-order valence-electron chi connectivity index (χ4n) is 2.19. The van der Waals surface area contributed by atoms with Crippen LogP contribution in [0.1, 0.15) is 48.0 Å². The molecule has 0 aromatic heterocycles.